The fraction of sp³-hybridized carbons (Fsp3) is 0.240. The van der Waals surface area contributed by atoms with Crippen LogP contribution in [0.2, 0.25) is 10.0 Å². The summed E-state index contributed by atoms with van der Waals surface area (Å²) in [6, 6.07) is 13.9. The molecule has 0 aliphatic carbocycles. The third-order valence-electron chi connectivity index (χ3n) is 5.42. The van der Waals surface area contributed by atoms with Gasteiger partial charge < -0.3 is 13.8 Å². The summed E-state index contributed by atoms with van der Waals surface area (Å²) < 4.78 is 50.1. The Morgan fingerprint density at radius 3 is 2.40 bits per heavy atom. The number of carbonyl (C=O) groups is 1. The monoisotopic (exact) mass is 539 g/mol. The van der Waals surface area contributed by atoms with Crippen LogP contribution in [-0.2, 0) is 16.7 Å². The van der Waals surface area contributed by atoms with Gasteiger partial charge >= 0.3 is 10.1 Å². The summed E-state index contributed by atoms with van der Waals surface area (Å²) in [5.74, 6) is -0.726. The van der Waals surface area contributed by atoms with Gasteiger partial charge in [0.15, 0.2) is 11.5 Å². The molecule has 1 amide bonds. The van der Waals surface area contributed by atoms with Crippen LogP contribution in [0.15, 0.2) is 65.6 Å². The lowest BCUT2D eigenvalue weighted by molar-refractivity contribution is 0.0671. The second kappa shape index (κ2) is 11.3. The van der Waals surface area contributed by atoms with Crippen LogP contribution < -0.4 is 8.92 Å². The van der Waals surface area contributed by atoms with Crippen molar-refractivity contribution in [2.75, 3.05) is 7.11 Å². The van der Waals surface area contributed by atoms with Crippen LogP contribution in [0.25, 0.3) is 0 Å². The molecule has 0 aromatic heterocycles. The molecule has 6 nitrogen and oxygen atoms in total. The zero-order valence-corrected chi connectivity index (χ0v) is 21.6. The summed E-state index contributed by atoms with van der Waals surface area (Å²) in [5, 5.41) is 0.274. The van der Waals surface area contributed by atoms with E-state index in [4.69, 9.17) is 32.1 Å². The second-order valence-corrected chi connectivity index (χ2v) is 10.2. The van der Waals surface area contributed by atoms with Crippen molar-refractivity contribution in [3.05, 3.63) is 87.7 Å². The molecule has 3 rings (SSSR count). The van der Waals surface area contributed by atoms with Gasteiger partial charge in [-0.05, 0) is 67.4 Å². The zero-order chi connectivity index (χ0) is 25.8. The van der Waals surface area contributed by atoms with Gasteiger partial charge in [-0.1, -0.05) is 42.3 Å². The molecule has 0 heterocycles. The summed E-state index contributed by atoms with van der Waals surface area (Å²) in [6.45, 7) is 3.95. The van der Waals surface area contributed by atoms with Gasteiger partial charge in [0.05, 0.1) is 17.2 Å². The van der Waals surface area contributed by atoms with Gasteiger partial charge in [-0.15, -0.1) is 0 Å². The molecule has 0 aliphatic rings. The molecule has 3 aromatic carbocycles. The van der Waals surface area contributed by atoms with Crippen LogP contribution in [0.3, 0.4) is 0 Å². The molecule has 0 radical (unpaired) electrons. The standard InChI is InChI=1S/C25H24Cl2FNO5S/c1-4-16(2)29(25(30)18-6-5-7-19(28)13-18)15-17-8-11-23(33-3)24(12-17)34-35(31,32)20-9-10-21(26)22(27)14-20/h5-14,16H,4,15H2,1-3H3/t16-/m1/s1. The summed E-state index contributed by atoms with van der Waals surface area (Å²) in [4.78, 5) is 14.6. The number of ether oxygens (including phenoxy) is 1. The average molecular weight is 540 g/mol. The first kappa shape index (κ1) is 26.8. The fourth-order valence-electron chi connectivity index (χ4n) is 3.32. The highest BCUT2D eigenvalue weighted by Gasteiger charge is 2.24. The maximum Gasteiger partial charge on any atom is 0.339 e. The van der Waals surface area contributed by atoms with E-state index in [1.54, 1.807) is 23.1 Å². The summed E-state index contributed by atoms with van der Waals surface area (Å²) >= 11 is 11.8. The molecule has 0 spiro atoms. The minimum Gasteiger partial charge on any atom is -0.493 e. The van der Waals surface area contributed by atoms with Crippen LogP contribution in [0.1, 0.15) is 36.2 Å². The van der Waals surface area contributed by atoms with Gasteiger partial charge in [0.25, 0.3) is 5.91 Å². The highest BCUT2D eigenvalue weighted by atomic mass is 35.5. The lowest BCUT2D eigenvalue weighted by atomic mass is 10.1. The van der Waals surface area contributed by atoms with Crippen molar-refractivity contribution in [1.82, 2.24) is 4.90 Å². The Kier molecular flexibility index (Phi) is 8.64. The molecule has 1 atom stereocenters. The minimum atomic E-state index is -4.26. The SMILES string of the molecule is CC[C@@H](C)N(Cc1ccc(OC)c(OS(=O)(=O)c2ccc(Cl)c(Cl)c2)c1)C(=O)c1cccc(F)c1. The van der Waals surface area contributed by atoms with Crippen molar-refractivity contribution >= 4 is 39.2 Å². The van der Waals surface area contributed by atoms with E-state index in [2.05, 4.69) is 0 Å². The number of benzene rings is 3. The normalized spacial score (nSPS) is 12.2. The van der Waals surface area contributed by atoms with Crippen LogP contribution >= 0.6 is 23.2 Å². The van der Waals surface area contributed by atoms with E-state index in [1.807, 2.05) is 13.8 Å². The minimum absolute atomic E-state index is 0.0571. The molecule has 35 heavy (non-hydrogen) atoms. The Labute approximate surface area is 214 Å². The molecule has 0 aliphatic heterocycles. The highest BCUT2D eigenvalue weighted by molar-refractivity contribution is 7.87. The molecule has 10 heteroatoms. The third-order valence-corrected chi connectivity index (χ3v) is 7.38. The smallest absolute Gasteiger partial charge is 0.339 e. The first-order chi connectivity index (χ1) is 16.6. The maximum absolute atomic E-state index is 13.7. The lowest BCUT2D eigenvalue weighted by Crippen LogP contribution is -2.37. The first-order valence-electron chi connectivity index (χ1n) is 10.7. The van der Waals surface area contributed by atoms with Crippen molar-refractivity contribution in [1.29, 1.82) is 0 Å². The number of amides is 1. The lowest BCUT2D eigenvalue weighted by Gasteiger charge is -2.29. The van der Waals surface area contributed by atoms with Crippen LogP contribution in [0.4, 0.5) is 4.39 Å². The van der Waals surface area contributed by atoms with Gasteiger partial charge in [0.1, 0.15) is 10.7 Å². The zero-order valence-electron chi connectivity index (χ0n) is 19.3. The predicted octanol–water partition coefficient (Wildman–Crippen LogP) is 6.35. The van der Waals surface area contributed by atoms with Crippen molar-refractivity contribution in [2.24, 2.45) is 0 Å². The molecule has 3 aromatic rings. The molecule has 186 valence electrons. The molecule has 0 saturated carbocycles. The van der Waals surface area contributed by atoms with Crippen molar-refractivity contribution in [3.8, 4) is 11.5 Å². The largest absolute Gasteiger partial charge is 0.493 e. The van der Waals surface area contributed by atoms with Gasteiger partial charge in [0.2, 0.25) is 0 Å². The Morgan fingerprint density at radius 2 is 1.77 bits per heavy atom. The predicted molar refractivity (Wildman–Crippen MR) is 133 cm³/mol. The van der Waals surface area contributed by atoms with Crippen LogP contribution in [0, 0.1) is 5.82 Å². The molecule has 0 unspecified atom stereocenters. The van der Waals surface area contributed by atoms with Crippen molar-refractivity contribution in [2.45, 2.75) is 37.8 Å². The molecule has 0 fully saturated rings. The first-order valence-corrected chi connectivity index (χ1v) is 12.8. The second-order valence-electron chi connectivity index (χ2n) is 7.80. The molecule has 0 N–H and O–H groups in total. The van der Waals surface area contributed by atoms with E-state index < -0.39 is 15.9 Å². The average Bonchev–Trinajstić information content (AvgIpc) is 2.83. The topological polar surface area (TPSA) is 72.9 Å². The number of carbonyl (C=O) groups excluding carboxylic acids is 1. The van der Waals surface area contributed by atoms with Crippen LogP contribution in [0.5, 0.6) is 11.5 Å². The van der Waals surface area contributed by atoms with Crippen LogP contribution in [-0.4, -0.2) is 32.4 Å². The van der Waals surface area contributed by atoms with E-state index in [-0.39, 0.29) is 50.5 Å². The molecular weight excluding hydrogens is 516 g/mol. The van der Waals surface area contributed by atoms with E-state index >= 15 is 0 Å². The van der Waals surface area contributed by atoms with E-state index in [0.717, 1.165) is 0 Å². The number of hydrogen-bond acceptors (Lipinski definition) is 5. The number of hydrogen-bond donors (Lipinski definition) is 0. The Bertz CT molecular complexity index is 1330. The Morgan fingerprint density at radius 1 is 1.03 bits per heavy atom. The van der Waals surface area contributed by atoms with Gasteiger partial charge in [-0.3, -0.25) is 4.79 Å². The number of halogens is 3. The summed E-state index contributed by atoms with van der Waals surface area (Å²) in [7, 11) is -2.88. The number of methoxy groups -OCH3 is 1. The molecular formula is C25H24Cl2FNO5S. The number of rotatable bonds is 9. The molecule has 0 bridgehead atoms. The maximum atomic E-state index is 13.7. The van der Waals surface area contributed by atoms with Gasteiger partial charge in [-0.2, -0.15) is 8.42 Å². The van der Waals surface area contributed by atoms with E-state index in [9.17, 15) is 17.6 Å². The Hall–Kier alpha value is -2.81. The van der Waals surface area contributed by atoms with Gasteiger partial charge in [0, 0.05) is 18.2 Å². The van der Waals surface area contributed by atoms with Crippen molar-refractivity contribution < 1.29 is 26.5 Å². The summed E-state index contributed by atoms with van der Waals surface area (Å²) in [5.41, 5.74) is 0.813. The number of nitrogens with zero attached hydrogens (tertiary/aromatic N) is 1. The van der Waals surface area contributed by atoms with E-state index in [1.165, 1.54) is 49.6 Å². The summed E-state index contributed by atoms with van der Waals surface area (Å²) in [6.07, 6.45) is 0.659. The third kappa shape index (κ3) is 6.45. The molecule has 0 saturated heterocycles. The van der Waals surface area contributed by atoms with Gasteiger partial charge in [-0.25, -0.2) is 4.39 Å². The quantitative estimate of drug-likeness (QED) is 0.296. The van der Waals surface area contributed by atoms with E-state index in [0.29, 0.717) is 12.0 Å². The highest BCUT2D eigenvalue weighted by Crippen LogP contribution is 2.33. The van der Waals surface area contributed by atoms with Crippen molar-refractivity contribution in [3.63, 3.8) is 0 Å². The fourth-order valence-corrected chi connectivity index (χ4v) is 4.64. The Balaban J connectivity index is 1.93.